The number of benzene rings is 1. The first-order valence-corrected chi connectivity index (χ1v) is 7.91. The molecule has 25 heavy (non-hydrogen) atoms. The maximum Gasteiger partial charge on any atom is 0.255 e. The highest BCUT2D eigenvalue weighted by Gasteiger charge is 2.16. The van der Waals surface area contributed by atoms with Gasteiger partial charge in [-0.05, 0) is 24.3 Å². The van der Waals surface area contributed by atoms with Gasteiger partial charge in [-0.2, -0.15) is 0 Å². The summed E-state index contributed by atoms with van der Waals surface area (Å²) in [6.07, 6.45) is 1.70. The minimum absolute atomic E-state index is 0.116. The van der Waals surface area contributed by atoms with Crippen LogP contribution in [0, 0.1) is 0 Å². The molecule has 0 aliphatic carbocycles. The Balaban J connectivity index is 1.88. The molecule has 0 spiro atoms. The van der Waals surface area contributed by atoms with Crippen molar-refractivity contribution < 1.29 is 14.3 Å². The molecular formula is C18H20N4O3. The number of carbonyl (C=O) groups excluding carboxylic acids is 1. The third kappa shape index (κ3) is 3.84. The zero-order chi connectivity index (χ0) is 17.6. The Morgan fingerprint density at radius 3 is 2.84 bits per heavy atom. The molecule has 0 saturated carbocycles. The van der Waals surface area contributed by atoms with Gasteiger partial charge in [-0.25, -0.2) is 9.97 Å². The second-order valence-corrected chi connectivity index (χ2v) is 5.52. The highest BCUT2D eigenvalue weighted by molar-refractivity contribution is 5.95. The molecule has 1 aromatic carbocycles. The van der Waals surface area contributed by atoms with E-state index in [2.05, 4.69) is 15.0 Å². The number of rotatable bonds is 7. The molecule has 0 unspecified atom stereocenters. The standard InChI is InChI=1S/C18H20N4O3/c1-24-10-9-22(12-25-2)18(23)14-6-3-5-13(11-14)16-20-15-7-4-8-19-17(15)21-16/h3-8,11H,9-10,12H2,1-2H3,(H,19,20,21). The largest absolute Gasteiger partial charge is 0.383 e. The number of aromatic nitrogens is 3. The molecule has 0 saturated heterocycles. The van der Waals surface area contributed by atoms with Gasteiger partial charge in [0.2, 0.25) is 0 Å². The van der Waals surface area contributed by atoms with Gasteiger partial charge in [-0.1, -0.05) is 12.1 Å². The van der Waals surface area contributed by atoms with Crippen LogP contribution in [0.3, 0.4) is 0 Å². The number of nitrogens with zero attached hydrogens (tertiary/aromatic N) is 3. The Labute approximate surface area is 145 Å². The molecular weight excluding hydrogens is 320 g/mol. The average Bonchev–Trinajstić information content (AvgIpc) is 3.09. The monoisotopic (exact) mass is 340 g/mol. The lowest BCUT2D eigenvalue weighted by Crippen LogP contribution is -2.35. The Hall–Kier alpha value is -2.77. The minimum Gasteiger partial charge on any atom is -0.383 e. The Morgan fingerprint density at radius 2 is 2.08 bits per heavy atom. The molecule has 2 heterocycles. The molecule has 7 nitrogen and oxygen atoms in total. The van der Waals surface area contributed by atoms with E-state index in [0.29, 0.717) is 30.2 Å². The number of aromatic amines is 1. The van der Waals surface area contributed by atoms with Gasteiger partial charge in [0.1, 0.15) is 12.6 Å². The number of carbonyl (C=O) groups is 1. The molecule has 0 bridgehead atoms. The summed E-state index contributed by atoms with van der Waals surface area (Å²) in [4.78, 5) is 26.3. The Kier molecular flexibility index (Phi) is 5.37. The van der Waals surface area contributed by atoms with E-state index in [4.69, 9.17) is 9.47 Å². The number of ether oxygens (including phenoxy) is 2. The van der Waals surface area contributed by atoms with Crippen LogP contribution in [0.15, 0.2) is 42.6 Å². The van der Waals surface area contributed by atoms with E-state index >= 15 is 0 Å². The van der Waals surface area contributed by atoms with Crippen molar-refractivity contribution in [2.75, 3.05) is 34.1 Å². The van der Waals surface area contributed by atoms with Gasteiger partial charge < -0.3 is 19.4 Å². The molecule has 7 heteroatoms. The molecule has 1 N–H and O–H groups in total. The van der Waals surface area contributed by atoms with Gasteiger partial charge in [0.25, 0.3) is 5.91 Å². The van der Waals surface area contributed by atoms with Gasteiger partial charge >= 0.3 is 0 Å². The van der Waals surface area contributed by atoms with Crippen molar-refractivity contribution in [1.82, 2.24) is 19.9 Å². The summed E-state index contributed by atoms with van der Waals surface area (Å²) in [5.74, 6) is 0.563. The summed E-state index contributed by atoms with van der Waals surface area (Å²) in [5.41, 5.74) is 2.90. The predicted molar refractivity (Wildman–Crippen MR) is 94.1 cm³/mol. The van der Waals surface area contributed by atoms with E-state index in [9.17, 15) is 4.79 Å². The fourth-order valence-electron chi connectivity index (χ4n) is 2.55. The molecule has 3 aromatic rings. The van der Waals surface area contributed by atoms with Crippen LogP contribution in [-0.2, 0) is 9.47 Å². The van der Waals surface area contributed by atoms with Crippen molar-refractivity contribution in [3.8, 4) is 11.4 Å². The number of methoxy groups -OCH3 is 2. The van der Waals surface area contributed by atoms with Crippen molar-refractivity contribution in [3.05, 3.63) is 48.2 Å². The van der Waals surface area contributed by atoms with Crippen LogP contribution in [0.1, 0.15) is 10.4 Å². The van der Waals surface area contributed by atoms with Crippen molar-refractivity contribution in [2.24, 2.45) is 0 Å². The summed E-state index contributed by atoms with van der Waals surface area (Å²) in [7, 11) is 3.16. The first-order valence-electron chi connectivity index (χ1n) is 7.91. The topological polar surface area (TPSA) is 80.3 Å². The molecule has 2 aromatic heterocycles. The Morgan fingerprint density at radius 1 is 1.20 bits per heavy atom. The van der Waals surface area contributed by atoms with Crippen molar-refractivity contribution >= 4 is 17.1 Å². The molecule has 0 radical (unpaired) electrons. The van der Waals surface area contributed by atoms with Crippen LogP contribution in [0.4, 0.5) is 0 Å². The van der Waals surface area contributed by atoms with Crippen LogP contribution in [0.5, 0.6) is 0 Å². The summed E-state index contributed by atoms with van der Waals surface area (Å²) < 4.78 is 10.2. The summed E-state index contributed by atoms with van der Waals surface area (Å²) >= 11 is 0. The van der Waals surface area contributed by atoms with Crippen LogP contribution in [-0.4, -0.2) is 59.9 Å². The molecule has 0 aliphatic rings. The number of hydrogen-bond donors (Lipinski definition) is 1. The van der Waals surface area contributed by atoms with Crippen molar-refractivity contribution in [1.29, 1.82) is 0 Å². The fourth-order valence-corrected chi connectivity index (χ4v) is 2.55. The second kappa shape index (κ2) is 7.87. The van der Waals surface area contributed by atoms with Crippen LogP contribution in [0.25, 0.3) is 22.6 Å². The van der Waals surface area contributed by atoms with E-state index in [1.165, 1.54) is 0 Å². The number of pyridine rings is 1. The quantitative estimate of drug-likeness (QED) is 0.668. The molecule has 130 valence electrons. The third-order valence-electron chi connectivity index (χ3n) is 3.78. The van der Waals surface area contributed by atoms with Gasteiger partial charge in [-0.3, -0.25) is 4.79 Å². The first kappa shape index (κ1) is 17.1. The lowest BCUT2D eigenvalue weighted by Gasteiger charge is -2.21. The highest BCUT2D eigenvalue weighted by Crippen LogP contribution is 2.21. The van der Waals surface area contributed by atoms with Crippen LogP contribution < -0.4 is 0 Å². The first-order chi connectivity index (χ1) is 12.2. The number of imidazole rings is 1. The maximum absolute atomic E-state index is 12.7. The van der Waals surface area contributed by atoms with Gasteiger partial charge in [0, 0.05) is 38.1 Å². The van der Waals surface area contributed by atoms with E-state index in [0.717, 1.165) is 11.1 Å². The number of amides is 1. The van der Waals surface area contributed by atoms with Gasteiger partial charge in [0.15, 0.2) is 5.65 Å². The maximum atomic E-state index is 12.7. The zero-order valence-corrected chi connectivity index (χ0v) is 14.2. The van der Waals surface area contributed by atoms with E-state index < -0.39 is 0 Å². The van der Waals surface area contributed by atoms with Crippen molar-refractivity contribution in [3.63, 3.8) is 0 Å². The smallest absolute Gasteiger partial charge is 0.255 e. The van der Waals surface area contributed by atoms with Gasteiger partial charge in [0.05, 0.1) is 12.1 Å². The lowest BCUT2D eigenvalue weighted by atomic mass is 10.1. The summed E-state index contributed by atoms with van der Waals surface area (Å²) in [6.45, 7) is 1.12. The zero-order valence-electron chi connectivity index (χ0n) is 14.2. The average molecular weight is 340 g/mol. The van der Waals surface area contributed by atoms with E-state index in [-0.39, 0.29) is 12.6 Å². The number of H-pyrrole nitrogens is 1. The number of nitrogens with one attached hydrogen (secondary N) is 1. The SMILES string of the molecule is COCCN(COC)C(=O)c1cccc(-c2nc3ncccc3[nH]2)c1. The summed E-state index contributed by atoms with van der Waals surface area (Å²) in [6, 6.07) is 11.1. The number of fused-ring (bicyclic) bond motifs is 1. The minimum atomic E-state index is -0.116. The van der Waals surface area contributed by atoms with E-state index in [1.54, 1.807) is 31.4 Å². The van der Waals surface area contributed by atoms with Crippen molar-refractivity contribution in [2.45, 2.75) is 0 Å². The molecule has 1 amide bonds. The molecule has 3 rings (SSSR count). The second-order valence-electron chi connectivity index (χ2n) is 5.52. The number of hydrogen-bond acceptors (Lipinski definition) is 5. The fraction of sp³-hybridized carbons (Fsp3) is 0.278. The van der Waals surface area contributed by atoms with Crippen LogP contribution in [0.2, 0.25) is 0 Å². The highest BCUT2D eigenvalue weighted by atomic mass is 16.5. The Bertz CT molecular complexity index is 829. The summed E-state index contributed by atoms with van der Waals surface area (Å²) in [5, 5.41) is 0. The lowest BCUT2D eigenvalue weighted by molar-refractivity contribution is 0.0325. The molecule has 0 fully saturated rings. The van der Waals surface area contributed by atoms with Crippen LogP contribution >= 0.6 is 0 Å². The molecule has 0 atom stereocenters. The van der Waals surface area contributed by atoms with Gasteiger partial charge in [-0.15, -0.1) is 0 Å². The predicted octanol–water partition coefficient (Wildman–Crippen LogP) is 2.32. The van der Waals surface area contributed by atoms with E-state index in [1.807, 2.05) is 30.3 Å². The molecule has 0 aliphatic heterocycles. The third-order valence-corrected chi connectivity index (χ3v) is 3.78. The normalized spacial score (nSPS) is 11.0.